The van der Waals surface area contributed by atoms with Gasteiger partial charge in [-0.05, 0) is 67.9 Å². The van der Waals surface area contributed by atoms with E-state index in [1.165, 1.54) is 0 Å². The molecule has 0 aliphatic carbocycles. The molecule has 40 heavy (non-hydrogen) atoms. The molecule has 0 spiro atoms. The van der Waals surface area contributed by atoms with Crippen molar-refractivity contribution in [1.29, 1.82) is 5.41 Å². The first-order valence-corrected chi connectivity index (χ1v) is 13.9. The highest BCUT2D eigenvalue weighted by Crippen LogP contribution is 2.29. The second-order valence-corrected chi connectivity index (χ2v) is 9.89. The monoisotopic (exact) mass is 609 g/mol. The molecular weight excluding hydrogens is 578 g/mol. The summed E-state index contributed by atoms with van der Waals surface area (Å²) in [6, 6.07) is 19.9. The molecule has 1 N–H and O–H groups in total. The molecule has 0 aromatic heterocycles. The van der Waals surface area contributed by atoms with E-state index in [0.717, 1.165) is 10.0 Å². The lowest BCUT2D eigenvalue weighted by atomic mass is 10.1. The summed E-state index contributed by atoms with van der Waals surface area (Å²) in [5.41, 5.74) is 2.03. The van der Waals surface area contributed by atoms with Gasteiger partial charge >= 0.3 is 6.09 Å². The van der Waals surface area contributed by atoms with Crippen molar-refractivity contribution in [3.63, 3.8) is 0 Å². The molecule has 3 aromatic rings. The minimum atomic E-state index is -0.365. The van der Waals surface area contributed by atoms with E-state index in [-0.39, 0.29) is 17.9 Å². The number of rotatable bonds is 9. The van der Waals surface area contributed by atoms with Gasteiger partial charge in [0, 0.05) is 47.8 Å². The Morgan fingerprint density at radius 3 is 2.05 bits per heavy atom. The van der Waals surface area contributed by atoms with Crippen molar-refractivity contribution in [3.8, 4) is 17.2 Å². The van der Waals surface area contributed by atoms with Crippen LogP contribution in [0.2, 0.25) is 0 Å². The van der Waals surface area contributed by atoms with E-state index >= 15 is 0 Å². The highest BCUT2D eigenvalue weighted by molar-refractivity contribution is 9.10. The second-order valence-electron chi connectivity index (χ2n) is 8.97. The Hall–Kier alpha value is -4.05. The average Bonchev–Trinajstić information content (AvgIpc) is 2.97. The van der Waals surface area contributed by atoms with Gasteiger partial charge in [0.2, 0.25) is 5.90 Å². The number of halogens is 1. The van der Waals surface area contributed by atoms with Crippen LogP contribution in [0.1, 0.15) is 35.3 Å². The molecule has 1 aliphatic heterocycles. The van der Waals surface area contributed by atoms with Crippen LogP contribution in [0.5, 0.6) is 17.2 Å². The molecule has 210 valence electrons. The van der Waals surface area contributed by atoms with Gasteiger partial charge in [0.25, 0.3) is 5.91 Å². The van der Waals surface area contributed by atoms with Gasteiger partial charge in [0.15, 0.2) is 0 Å². The summed E-state index contributed by atoms with van der Waals surface area (Å²) in [4.78, 5) is 28.9. The van der Waals surface area contributed by atoms with Crippen molar-refractivity contribution in [1.82, 2.24) is 9.80 Å². The highest BCUT2D eigenvalue weighted by Gasteiger charge is 2.26. The van der Waals surface area contributed by atoms with Crippen molar-refractivity contribution >= 4 is 33.8 Å². The Balaban J connectivity index is 1.52. The third-order valence-corrected chi connectivity index (χ3v) is 6.71. The quantitative estimate of drug-likeness (QED) is 0.232. The van der Waals surface area contributed by atoms with Crippen LogP contribution in [0.4, 0.5) is 4.79 Å². The summed E-state index contributed by atoms with van der Waals surface area (Å²) in [6.45, 7) is 6.23. The molecule has 2 amide bonds. The fourth-order valence-electron chi connectivity index (χ4n) is 4.11. The van der Waals surface area contributed by atoms with Gasteiger partial charge in [-0.15, -0.1) is 0 Å². The molecule has 3 aromatic carbocycles. The van der Waals surface area contributed by atoms with Crippen LogP contribution >= 0.6 is 15.9 Å². The van der Waals surface area contributed by atoms with E-state index in [9.17, 15) is 9.59 Å². The van der Waals surface area contributed by atoms with E-state index < -0.39 is 0 Å². The number of carbonyl (C=O) groups excluding carboxylic acids is 2. The summed E-state index contributed by atoms with van der Waals surface area (Å²) in [7, 11) is 0. The predicted molar refractivity (Wildman–Crippen MR) is 154 cm³/mol. The molecule has 0 unspecified atom stereocenters. The molecule has 1 aliphatic rings. The van der Waals surface area contributed by atoms with Crippen LogP contribution in [0.25, 0.3) is 0 Å². The Morgan fingerprint density at radius 1 is 0.775 bits per heavy atom. The number of nitrogens with zero attached hydrogens (tertiary/aromatic N) is 2. The summed E-state index contributed by atoms with van der Waals surface area (Å²) in [5.74, 6) is 1.38. The maximum Gasteiger partial charge on any atom is 0.409 e. The third kappa shape index (κ3) is 7.75. The summed E-state index contributed by atoms with van der Waals surface area (Å²) in [6.07, 6.45) is -0.365. The van der Waals surface area contributed by atoms with Crippen molar-refractivity contribution < 1.29 is 28.5 Å². The predicted octanol–water partition coefficient (Wildman–Crippen LogP) is 6.10. The number of ether oxygens (including phenoxy) is 4. The first-order valence-electron chi connectivity index (χ1n) is 13.1. The van der Waals surface area contributed by atoms with Gasteiger partial charge in [-0.25, -0.2) is 4.79 Å². The van der Waals surface area contributed by atoms with Crippen molar-refractivity contribution in [2.45, 2.75) is 20.5 Å². The van der Waals surface area contributed by atoms with Crippen LogP contribution in [0.15, 0.2) is 71.2 Å². The van der Waals surface area contributed by atoms with Gasteiger partial charge in [-0.3, -0.25) is 10.2 Å². The number of carbonyl (C=O) groups is 2. The molecule has 0 saturated carbocycles. The Morgan fingerprint density at radius 2 is 1.40 bits per heavy atom. The Labute approximate surface area is 242 Å². The maximum absolute atomic E-state index is 13.5. The third-order valence-electron chi connectivity index (χ3n) is 6.18. The molecule has 1 heterocycles. The molecule has 9 nitrogen and oxygen atoms in total. The largest absolute Gasteiger partial charge is 0.489 e. The van der Waals surface area contributed by atoms with Crippen molar-refractivity contribution in [2.24, 2.45) is 0 Å². The molecule has 1 saturated heterocycles. The van der Waals surface area contributed by atoms with Gasteiger partial charge in [-0.2, -0.15) is 0 Å². The lowest BCUT2D eigenvalue weighted by Crippen LogP contribution is -2.50. The average molecular weight is 611 g/mol. The first kappa shape index (κ1) is 28.9. The summed E-state index contributed by atoms with van der Waals surface area (Å²) in [5, 5.41) is 7.95. The Kier molecular flexibility index (Phi) is 10.0. The van der Waals surface area contributed by atoms with Crippen molar-refractivity contribution in [2.75, 3.05) is 39.4 Å². The minimum absolute atomic E-state index is 0.0910. The minimum Gasteiger partial charge on any atom is -0.489 e. The number of nitrogens with one attached hydrogen (secondary N) is 1. The van der Waals surface area contributed by atoms with Crippen LogP contribution in [-0.4, -0.2) is 67.1 Å². The first-order chi connectivity index (χ1) is 19.4. The molecule has 0 atom stereocenters. The normalized spacial score (nSPS) is 13.0. The van der Waals surface area contributed by atoms with Crippen LogP contribution < -0.4 is 9.47 Å². The van der Waals surface area contributed by atoms with Crippen LogP contribution in [-0.2, 0) is 16.1 Å². The number of piperazine rings is 1. The van der Waals surface area contributed by atoms with Gasteiger partial charge in [-0.1, -0.05) is 28.1 Å². The summed E-state index contributed by atoms with van der Waals surface area (Å²) < 4.78 is 23.5. The molecule has 1 fully saturated rings. The number of hydrogen-bond donors (Lipinski definition) is 1. The molecule has 4 rings (SSSR count). The number of benzene rings is 3. The molecule has 10 heteroatoms. The standard InChI is InChI=1S/C30H32BrN3O6/c1-3-37-28(32)22-7-11-25(12-8-22)40-27-18-23(17-26(19-27)39-20-21-5-9-24(31)10-6-21)29(35)33-13-15-34(16-14-33)30(36)38-4-2/h5-12,17-19,32H,3-4,13-16,20H2,1-2H3. The lowest BCUT2D eigenvalue weighted by Gasteiger charge is -2.34. The number of hydrogen-bond acceptors (Lipinski definition) is 7. The van der Waals surface area contributed by atoms with E-state index in [1.54, 1.807) is 59.2 Å². The van der Waals surface area contributed by atoms with Crippen LogP contribution in [0, 0.1) is 5.41 Å². The maximum atomic E-state index is 13.5. The zero-order chi connectivity index (χ0) is 28.5. The second kappa shape index (κ2) is 13.8. The SMILES string of the molecule is CCOC(=N)c1ccc(Oc2cc(OCc3ccc(Br)cc3)cc(C(=O)N3CCN(C(=O)OCC)CC3)c2)cc1. The van der Waals surface area contributed by atoms with E-state index in [4.69, 9.17) is 24.4 Å². The van der Waals surface area contributed by atoms with E-state index in [1.807, 2.05) is 31.2 Å². The zero-order valence-electron chi connectivity index (χ0n) is 22.5. The summed E-state index contributed by atoms with van der Waals surface area (Å²) >= 11 is 3.44. The van der Waals surface area contributed by atoms with Crippen LogP contribution in [0.3, 0.4) is 0 Å². The fraction of sp³-hybridized carbons (Fsp3) is 0.300. The zero-order valence-corrected chi connectivity index (χ0v) is 24.1. The smallest absolute Gasteiger partial charge is 0.409 e. The Bertz CT molecular complexity index is 1320. The van der Waals surface area contributed by atoms with E-state index in [0.29, 0.717) is 74.4 Å². The molecule has 0 bridgehead atoms. The van der Waals surface area contributed by atoms with Gasteiger partial charge in [0.1, 0.15) is 23.9 Å². The van der Waals surface area contributed by atoms with Gasteiger partial charge in [0.05, 0.1) is 13.2 Å². The van der Waals surface area contributed by atoms with E-state index in [2.05, 4.69) is 15.9 Å². The fourth-order valence-corrected chi connectivity index (χ4v) is 4.38. The van der Waals surface area contributed by atoms with Crippen molar-refractivity contribution in [3.05, 3.63) is 87.9 Å². The number of amides is 2. The van der Waals surface area contributed by atoms with Gasteiger partial charge < -0.3 is 28.7 Å². The highest BCUT2D eigenvalue weighted by atomic mass is 79.9. The topological polar surface area (TPSA) is 101 Å². The lowest BCUT2D eigenvalue weighted by molar-refractivity contribution is 0.0570. The molecule has 0 radical (unpaired) electrons. The molecular formula is C30H32BrN3O6.